The van der Waals surface area contributed by atoms with Crippen molar-refractivity contribution in [1.82, 2.24) is 10.2 Å². The molecular weight excluding hydrogens is 328 g/mol. The molecule has 2 rings (SSSR count). The van der Waals surface area contributed by atoms with Crippen LogP contribution in [0.1, 0.15) is 32.3 Å². The number of hydrogen-bond donors (Lipinski definition) is 1. The fourth-order valence-corrected chi connectivity index (χ4v) is 3.52. The Morgan fingerprint density at radius 2 is 2.24 bits per heavy atom. The topological polar surface area (TPSA) is 24.5 Å². The Kier molecular flexibility index (Phi) is 6.52. The third-order valence-electron chi connectivity index (χ3n) is 4.04. The van der Waals surface area contributed by atoms with Gasteiger partial charge in [0.2, 0.25) is 0 Å². The number of likely N-dealkylation sites (tertiary alicyclic amines) is 1. The lowest BCUT2D eigenvalue weighted by atomic mass is 9.97. The third kappa shape index (κ3) is 5.28. The van der Waals surface area contributed by atoms with Gasteiger partial charge < -0.3 is 10.1 Å². The maximum atomic E-state index is 5.29. The number of piperidine rings is 1. The van der Waals surface area contributed by atoms with Crippen molar-refractivity contribution in [3.05, 3.63) is 28.2 Å². The maximum absolute atomic E-state index is 5.29. The Morgan fingerprint density at radius 3 is 2.90 bits per heavy atom. The first-order chi connectivity index (χ1) is 10.1. The first-order valence-corrected chi connectivity index (χ1v) is 8.66. The van der Waals surface area contributed by atoms with E-state index in [4.69, 9.17) is 4.74 Å². The normalized spacial score (nSPS) is 20.0. The Bertz CT molecular complexity index is 450. The third-order valence-corrected chi connectivity index (χ3v) is 4.66. The van der Waals surface area contributed by atoms with Crippen molar-refractivity contribution in [2.75, 3.05) is 26.7 Å². The summed E-state index contributed by atoms with van der Waals surface area (Å²) in [6.07, 6.45) is 2.66. The number of methoxy groups -OCH3 is 1. The van der Waals surface area contributed by atoms with Crippen LogP contribution in [0.2, 0.25) is 0 Å². The van der Waals surface area contributed by atoms with Crippen LogP contribution in [0.4, 0.5) is 0 Å². The summed E-state index contributed by atoms with van der Waals surface area (Å²) < 4.78 is 6.33. The second kappa shape index (κ2) is 8.16. The van der Waals surface area contributed by atoms with E-state index in [1.807, 2.05) is 6.07 Å². The van der Waals surface area contributed by atoms with E-state index >= 15 is 0 Å². The predicted octanol–water partition coefficient (Wildman–Crippen LogP) is 3.67. The van der Waals surface area contributed by atoms with Crippen LogP contribution in [-0.4, -0.2) is 37.7 Å². The highest BCUT2D eigenvalue weighted by Crippen LogP contribution is 2.27. The molecule has 0 radical (unpaired) electrons. The Balaban J connectivity index is 1.88. The number of hydrogen-bond acceptors (Lipinski definition) is 3. The molecule has 21 heavy (non-hydrogen) atoms. The first-order valence-electron chi connectivity index (χ1n) is 7.86. The van der Waals surface area contributed by atoms with Gasteiger partial charge in [-0.05, 0) is 65.5 Å². The van der Waals surface area contributed by atoms with Gasteiger partial charge in [0.1, 0.15) is 5.75 Å². The van der Waals surface area contributed by atoms with Crippen LogP contribution in [0.25, 0.3) is 0 Å². The SMILES string of the molecule is COc1ccc(CN2CCCC(CNC(C)C)C2)cc1Br. The van der Waals surface area contributed by atoms with Gasteiger partial charge in [0.05, 0.1) is 11.6 Å². The Morgan fingerprint density at radius 1 is 1.43 bits per heavy atom. The second-order valence-electron chi connectivity index (χ2n) is 6.28. The predicted molar refractivity (Wildman–Crippen MR) is 91.8 cm³/mol. The molecule has 1 N–H and O–H groups in total. The zero-order valence-electron chi connectivity index (χ0n) is 13.4. The van der Waals surface area contributed by atoms with Crippen molar-refractivity contribution < 1.29 is 4.74 Å². The van der Waals surface area contributed by atoms with E-state index in [0.29, 0.717) is 6.04 Å². The minimum absolute atomic E-state index is 0.581. The fraction of sp³-hybridized carbons (Fsp3) is 0.647. The molecule has 0 spiro atoms. The summed E-state index contributed by atoms with van der Waals surface area (Å²) in [5.74, 6) is 1.68. The van der Waals surface area contributed by atoms with E-state index in [9.17, 15) is 0 Å². The van der Waals surface area contributed by atoms with E-state index in [1.165, 1.54) is 31.5 Å². The highest BCUT2D eigenvalue weighted by molar-refractivity contribution is 9.10. The monoisotopic (exact) mass is 354 g/mol. The minimum Gasteiger partial charge on any atom is -0.496 e. The molecule has 0 aromatic heterocycles. The molecule has 1 aromatic carbocycles. The average molecular weight is 355 g/mol. The number of halogens is 1. The number of nitrogens with zero attached hydrogens (tertiary/aromatic N) is 1. The lowest BCUT2D eigenvalue weighted by Gasteiger charge is -2.33. The van der Waals surface area contributed by atoms with E-state index in [2.05, 4.69) is 52.1 Å². The zero-order valence-corrected chi connectivity index (χ0v) is 14.9. The van der Waals surface area contributed by atoms with Crippen molar-refractivity contribution in [2.24, 2.45) is 5.92 Å². The average Bonchev–Trinajstić information content (AvgIpc) is 2.46. The summed E-state index contributed by atoms with van der Waals surface area (Å²) in [5, 5.41) is 3.57. The number of nitrogens with one attached hydrogen (secondary N) is 1. The molecule has 1 heterocycles. The van der Waals surface area contributed by atoms with E-state index in [-0.39, 0.29) is 0 Å². The molecule has 1 fully saturated rings. The van der Waals surface area contributed by atoms with Crippen molar-refractivity contribution in [3.63, 3.8) is 0 Å². The van der Waals surface area contributed by atoms with Gasteiger partial charge >= 0.3 is 0 Å². The fourth-order valence-electron chi connectivity index (χ4n) is 2.93. The molecule has 0 saturated carbocycles. The summed E-state index contributed by atoms with van der Waals surface area (Å²) in [7, 11) is 1.71. The smallest absolute Gasteiger partial charge is 0.133 e. The summed E-state index contributed by atoms with van der Waals surface area (Å²) in [6, 6.07) is 6.97. The van der Waals surface area contributed by atoms with Crippen molar-refractivity contribution >= 4 is 15.9 Å². The summed E-state index contributed by atoms with van der Waals surface area (Å²) >= 11 is 3.57. The van der Waals surface area contributed by atoms with Gasteiger partial charge in [0.15, 0.2) is 0 Å². The Labute approximate surface area is 137 Å². The molecule has 0 aliphatic carbocycles. The van der Waals surface area contributed by atoms with Gasteiger partial charge in [-0.2, -0.15) is 0 Å². The van der Waals surface area contributed by atoms with Crippen LogP contribution < -0.4 is 10.1 Å². The summed E-state index contributed by atoms with van der Waals surface area (Å²) in [5.41, 5.74) is 1.35. The molecule has 1 aliphatic heterocycles. The molecule has 1 saturated heterocycles. The molecule has 4 heteroatoms. The molecule has 0 bridgehead atoms. The molecular formula is C17H27BrN2O. The lowest BCUT2D eigenvalue weighted by Crippen LogP contribution is -2.40. The summed E-state index contributed by atoms with van der Waals surface area (Å²) in [4.78, 5) is 2.57. The zero-order chi connectivity index (χ0) is 15.2. The molecule has 3 nitrogen and oxygen atoms in total. The highest BCUT2D eigenvalue weighted by atomic mass is 79.9. The molecule has 0 amide bonds. The minimum atomic E-state index is 0.581. The van der Waals surface area contributed by atoms with Gasteiger partial charge in [-0.3, -0.25) is 4.90 Å². The molecule has 118 valence electrons. The van der Waals surface area contributed by atoms with Crippen LogP contribution >= 0.6 is 15.9 Å². The Hall–Kier alpha value is -0.580. The van der Waals surface area contributed by atoms with Crippen molar-refractivity contribution in [1.29, 1.82) is 0 Å². The summed E-state index contributed by atoms with van der Waals surface area (Å²) in [6.45, 7) is 9.01. The highest BCUT2D eigenvalue weighted by Gasteiger charge is 2.20. The van der Waals surface area contributed by atoms with Crippen LogP contribution in [0.15, 0.2) is 22.7 Å². The van der Waals surface area contributed by atoms with Crippen LogP contribution in [-0.2, 0) is 6.54 Å². The maximum Gasteiger partial charge on any atom is 0.133 e. The van der Waals surface area contributed by atoms with Crippen LogP contribution in [0.3, 0.4) is 0 Å². The number of benzene rings is 1. The van der Waals surface area contributed by atoms with Crippen molar-refractivity contribution in [2.45, 2.75) is 39.3 Å². The van der Waals surface area contributed by atoms with Crippen molar-refractivity contribution in [3.8, 4) is 5.75 Å². The molecule has 1 aromatic rings. The van der Waals surface area contributed by atoms with Gasteiger partial charge in [-0.15, -0.1) is 0 Å². The molecule has 1 aliphatic rings. The number of ether oxygens (including phenoxy) is 1. The van der Waals surface area contributed by atoms with Gasteiger partial charge in [0.25, 0.3) is 0 Å². The van der Waals surface area contributed by atoms with Gasteiger partial charge in [0, 0.05) is 19.1 Å². The van der Waals surface area contributed by atoms with E-state index in [0.717, 1.165) is 29.2 Å². The number of rotatable bonds is 6. The quantitative estimate of drug-likeness (QED) is 0.843. The molecule has 1 unspecified atom stereocenters. The van der Waals surface area contributed by atoms with Gasteiger partial charge in [-0.1, -0.05) is 19.9 Å². The second-order valence-corrected chi connectivity index (χ2v) is 7.13. The standard InChI is InChI=1S/C17H27BrN2O/c1-13(2)19-10-15-5-4-8-20(12-15)11-14-6-7-17(21-3)16(18)9-14/h6-7,9,13,15,19H,4-5,8,10-12H2,1-3H3. The van der Waals surface area contributed by atoms with E-state index in [1.54, 1.807) is 7.11 Å². The van der Waals surface area contributed by atoms with E-state index < -0.39 is 0 Å². The largest absolute Gasteiger partial charge is 0.496 e. The van der Waals surface area contributed by atoms with Crippen LogP contribution in [0, 0.1) is 5.92 Å². The van der Waals surface area contributed by atoms with Crippen LogP contribution in [0.5, 0.6) is 5.75 Å². The first kappa shape index (κ1) is 16.8. The lowest BCUT2D eigenvalue weighted by molar-refractivity contribution is 0.164. The van der Waals surface area contributed by atoms with Gasteiger partial charge in [-0.25, -0.2) is 0 Å². The molecule has 1 atom stereocenters.